The number of carbonyl (C=O) groups is 2. The lowest BCUT2D eigenvalue weighted by molar-refractivity contribution is -0.122. The number of nitrogens with one attached hydrogen (secondary N) is 1. The summed E-state index contributed by atoms with van der Waals surface area (Å²) >= 11 is 1.42. The van der Waals surface area contributed by atoms with Crippen LogP contribution < -0.4 is 10.9 Å². The van der Waals surface area contributed by atoms with Crippen LogP contribution in [0.15, 0.2) is 70.8 Å². The molecule has 9 heteroatoms. The van der Waals surface area contributed by atoms with Crippen molar-refractivity contribution in [2.45, 2.75) is 12.6 Å². The number of nitrogens with zero attached hydrogens (tertiary/aromatic N) is 2. The molecule has 0 radical (unpaired) electrons. The number of fused-ring (bicyclic) bond motifs is 1. The van der Waals surface area contributed by atoms with Crippen molar-refractivity contribution in [1.29, 1.82) is 0 Å². The number of carboxylic acid groups (broad SMARTS) is 1. The van der Waals surface area contributed by atoms with Gasteiger partial charge < -0.3 is 10.4 Å². The maximum absolute atomic E-state index is 13.3. The van der Waals surface area contributed by atoms with Crippen LogP contribution in [0.4, 0.5) is 4.39 Å². The van der Waals surface area contributed by atoms with Gasteiger partial charge in [0.05, 0.1) is 11.4 Å². The molecule has 0 aliphatic heterocycles. The van der Waals surface area contributed by atoms with Gasteiger partial charge in [0.1, 0.15) is 12.4 Å². The first kappa shape index (κ1) is 20.4. The lowest BCUT2D eigenvalue weighted by Gasteiger charge is -2.18. The molecule has 0 saturated carbocycles. The highest BCUT2D eigenvalue weighted by Crippen LogP contribution is 2.26. The number of halogens is 1. The normalized spacial score (nSPS) is 11.9. The average molecular weight is 437 g/mol. The molecule has 2 N–H and O–H groups in total. The molecule has 2 heterocycles. The Balaban J connectivity index is 1.66. The maximum atomic E-state index is 13.3. The molecule has 1 amide bonds. The number of aromatic nitrogens is 2. The Hall–Kier alpha value is -3.85. The van der Waals surface area contributed by atoms with Crippen LogP contribution in [0.5, 0.6) is 0 Å². The number of carboxylic acids is 1. The van der Waals surface area contributed by atoms with Gasteiger partial charge in [0.15, 0.2) is 5.69 Å². The highest BCUT2D eigenvalue weighted by Gasteiger charge is 2.21. The number of hydrogen-bond donors (Lipinski definition) is 2. The lowest BCUT2D eigenvalue weighted by Crippen LogP contribution is -2.36. The first-order valence-corrected chi connectivity index (χ1v) is 10.1. The molecule has 0 saturated heterocycles. The third-order valence-corrected chi connectivity index (χ3v) is 5.64. The zero-order chi connectivity index (χ0) is 22.0. The van der Waals surface area contributed by atoms with Crippen molar-refractivity contribution in [2.24, 2.45) is 0 Å². The smallest absolute Gasteiger partial charge is 0.357 e. The molecular formula is C22H16FN3O4S. The zero-order valence-corrected chi connectivity index (χ0v) is 16.8. The molecule has 1 atom stereocenters. The fraction of sp³-hybridized carbons (Fsp3) is 0.0909. The summed E-state index contributed by atoms with van der Waals surface area (Å²) in [7, 11) is 0. The number of hydrogen-bond acceptors (Lipinski definition) is 5. The fourth-order valence-electron chi connectivity index (χ4n) is 3.27. The van der Waals surface area contributed by atoms with Gasteiger partial charge in [0, 0.05) is 10.3 Å². The summed E-state index contributed by atoms with van der Waals surface area (Å²) in [5.41, 5.74) is -0.205. The monoisotopic (exact) mass is 437 g/mol. The average Bonchev–Trinajstić information content (AvgIpc) is 3.29. The third kappa shape index (κ3) is 4.22. The summed E-state index contributed by atoms with van der Waals surface area (Å²) in [6, 6.07) is 15.1. The van der Waals surface area contributed by atoms with E-state index in [0.29, 0.717) is 5.56 Å². The van der Waals surface area contributed by atoms with Crippen molar-refractivity contribution in [3.05, 3.63) is 98.3 Å². The van der Waals surface area contributed by atoms with Gasteiger partial charge in [-0.05, 0) is 35.2 Å². The van der Waals surface area contributed by atoms with E-state index in [1.165, 1.54) is 35.6 Å². The van der Waals surface area contributed by atoms with E-state index in [4.69, 9.17) is 0 Å². The van der Waals surface area contributed by atoms with E-state index in [2.05, 4.69) is 10.4 Å². The second-order valence-electron chi connectivity index (χ2n) is 6.73. The van der Waals surface area contributed by atoms with E-state index >= 15 is 0 Å². The molecule has 1 unspecified atom stereocenters. The number of aromatic carboxylic acids is 1. The Morgan fingerprint density at radius 1 is 1.06 bits per heavy atom. The Kier molecular flexibility index (Phi) is 5.59. The van der Waals surface area contributed by atoms with Crippen LogP contribution >= 0.6 is 11.3 Å². The van der Waals surface area contributed by atoms with Crippen LogP contribution in [-0.2, 0) is 11.3 Å². The highest BCUT2D eigenvalue weighted by molar-refractivity contribution is 7.10. The summed E-state index contributed by atoms with van der Waals surface area (Å²) in [6.45, 7) is -0.465. The van der Waals surface area contributed by atoms with Gasteiger partial charge >= 0.3 is 5.97 Å². The Labute approximate surface area is 179 Å². The lowest BCUT2D eigenvalue weighted by atomic mass is 10.1. The standard InChI is InChI=1S/C22H16FN3O4S/c23-14-9-7-13(8-10-14)19(17-6-3-11-31-17)24-18(27)12-26-21(28)16-5-2-1-4-15(16)20(25-26)22(29)30/h1-11,19H,12H2,(H,24,27)(H,29,30). The van der Waals surface area contributed by atoms with Gasteiger partial charge in [-0.3, -0.25) is 9.59 Å². The summed E-state index contributed by atoms with van der Waals surface area (Å²) in [4.78, 5) is 38.0. The quantitative estimate of drug-likeness (QED) is 0.482. The highest BCUT2D eigenvalue weighted by atomic mass is 32.1. The SMILES string of the molecule is O=C(Cn1nc(C(=O)O)c2ccccc2c1=O)NC(c1ccc(F)cc1)c1cccs1. The van der Waals surface area contributed by atoms with Crippen molar-refractivity contribution in [3.63, 3.8) is 0 Å². The molecular weight excluding hydrogens is 421 g/mol. The van der Waals surface area contributed by atoms with Crippen molar-refractivity contribution in [1.82, 2.24) is 15.1 Å². The largest absolute Gasteiger partial charge is 0.476 e. The van der Waals surface area contributed by atoms with Crippen molar-refractivity contribution in [2.75, 3.05) is 0 Å². The summed E-state index contributed by atoms with van der Waals surface area (Å²) in [5.74, 6) is -2.23. The van der Waals surface area contributed by atoms with Crippen LogP contribution in [0.1, 0.15) is 27.0 Å². The van der Waals surface area contributed by atoms with Gasteiger partial charge in [-0.1, -0.05) is 36.4 Å². The van der Waals surface area contributed by atoms with Crippen LogP contribution in [0.25, 0.3) is 10.8 Å². The van der Waals surface area contributed by atoms with E-state index < -0.39 is 35.8 Å². The fourth-order valence-corrected chi connectivity index (χ4v) is 4.07. The van der Waals surface area contributed by atoms with E-state index in [0.717, 1.165) is 9.56 Å². The van der Waals surface area contributed by atoms with Crippen molar-refractivity contribution >= 4 is 34.0 Å². The molecule has 0 bridgehead atoms. The Bertz CT molecular complexity index is 1320. The van der Waals surface area contributed by atoms with E-state index in [-0.39, 0.29) is 16.5 Å². The number of benzene rings is 2. The van der Waals surface area contributed by atoms with Gasteiger partial charge in [-0.2, -0.15) is 5.10 Å². The van der Waals surface area contributed by atoms with Gasteiger partial charge in [0.2, 0.25) is 5.91 Å². The van der Waals surface area contributed by atoms with Crippen LogP contribution in [0, 0.1) is 5.82 Å². The summed E-state index contributed by atoms with van der Waals surface area (Å²) in [5, 5.41) is 18.4. The van der Waals surface area contributed by atoms with Crippen LogP contribution in [-0.4, -0.2) is 26.8 Å². The van der Waals surface area contributed by atoms with Crippen molar-refractivity contribution in [3.8, 4) is 0 Å². The van der Waals surface area contributed by atoms with Gasteiger partial charge in [-0.15, -0.1) is 11.3 Å². The summed E-state index contributed by atoms with van der Waals surface area (Å²) < 4.78 is 14.2. The van der Waals surface area contributed by atoms with E-state index in [1.807, 2.05) is 17.5 Å². The van der Waals surface area contributed by atoms with Gasteiger partial charge in [0.25, 0.3) is 5.56 Å². The molecule has 4 aromatic rings. The molecule has 2 aromatic heterocycles. The zero-order valence-electron chi connectivity index (χ0n) is 16.0. The minimum Gasteiger partial charge on any atom is -0.476 e. The molecule has 4 rings (SSSR count). The first-order chi connectivity index (χ1) is 14.9. The van der Waals surface area contributed by atoms with E-state index in [9.17, 15) is 23.9 Å². The van der Waals surface area contributed by atoms with E-state index in [1.54, 1.807) is 24.3 Å². The molecule has 0 fully saturated rings. The first-order valence-electron chi connectivity index (χ1n) is 9.25. The molecule has 0 aliphatic rings. The molecule has 0 aliphatic carbocycles. The second kappa shape index (κ2) is 8.49. The molecule has 2 aromatic carbocycles. The molecule has 156 valence electrons. The summed E-state index contributed by atoms with van der Waals surface area (Å²) in [6.07, 6.45) is 0. The molecule has 0 spiro atoms. The number of amides is 1. The maximum Gasteiger partial charge on any atom is 0.357 e. The van der Waals surface area contributed by atoms with Crippen LogP contribution in [0.2, 0.25) is 0 Å². The minimum atomic E-state index is -1.30. The van der Waals surface area contributed by atoms with Gasteiger partial charge in [-0.25, -0.2) is 13.9 Å². The molecule has 31 heavy (non-hydrogen) atoms. The number of thiophene rings is 1. The Morgan fingerprint density at radius 3 is 2.42 bits per heavy atom. The molecule has 7 nitrogen and oxygen atoms in total. The predicted octanol–water partition coefficient (Wildman–Crippen LogP) is 3.20. The Morgan fingerprint density at radius 2 is 1.77 bits per heavy atom. The van der Waals surface area contributed by atoms with Crippen LogP contribution in [0.3, 0.4) is 0 Å². The predicted molar refractivity (Wildman–Crippen MR) is 114 cm³/mol. The number of rotatable bonds is 6. The second-order valence-corrected chi connectivity index (χ2v) is 7.71. The minimum absolute atomic E-state index is 0.163. The van der Waals surface area contributed by atoms with Crippen molar-refractivity contribution < 1.29 is 19.1 Å². The number of carbonyl (C=O) groups excluding carboxylic acids is 1. The topological polar surface area (TPSA) is 101 Å². The third-order valence-electron chi connectivity index (χ3n) is 4.70.